The first-order chi connectivity index (χ1) is 13.9. The fourth-order valence-electron chi connectivity index (χ4n) is 2.46. The number of carbonyl (C=O) groups excluding carboxylic acids is 1. The number of rotatable bonds is 8. The van der Waals surface area contributed by atoms with Crippen LogP contribution in [0.2, 0.25) is 0 Å². The quantitative estimate of drug-likeness (QED) is 0.533. The number of benzene rings is 1. The molecule has 0 saturated heterocycles. The van der Waals surface area contributed by atoms with E-state index in [4.69, 9.17) is 0 Å². The van der Waals surface area contributed by atoms with E-state index < -0.39 is 40.9 Å². The molecule has 0 fully saturated rings. The van der Waals surface area contributed by atoms with Crippen LogP contribution in [0.3, 0.4) is 0 Å². The van der Waals surface area contributed by atoms with Crippen LogP contribution in [0.1, 0.15) is 17.4 Å². The van der Waals surface area contributed by atoms with Gasteiger partial charge < -0.3 is 10.4 Å². The Morgan fingerprint density at radius 3 is 2.20 bits per heavy atom. The molecule has 1 aromatic heterocycles. The van der Waals surface area contributed by atoms with E-state index in [1.807, 2.05) is 0 Å². The third kappa shape index (κ3) is 6.75. The number of halogens is 4. The van der Waals surface area contributed by atoms with Gasteiger partial charge in [-0.2, -0.15) is 13.2 Å². The first kappa shape index (κ1) is 23.7. The van der Waals surface area contributed by atoms with Crippen molar-refractivity contribution >= 4 is 15.9 Å². The molecule has 1 aromatic carbocycles. The summed E-state index contributed by atoms with van der Waals surface area (Å²) >= 11 is 0. The predicted octanol–water partition coefficient (Wildman–Crippen LogP) is 1.85. The van der Waals surface area contributed by atoms with Crippen molar-refractivity contribution < 1.29 is 35.9 Å². The molecule has 0 aliphatic carbocycles. The fourth-order valence-corrected chi connectivity index (χ4v) is 2.87. The Kier molecular flexibility index (Phi) is 7.50. The number of carbonyl (C=O) groups is 1. The van der Waals surface area contributed by atoms with Crippen LogP contribution >= 0.6 is 0 Å². The number of sulfonamides is 1. The van der Waals surface area contributed by atoms with Gasteiger partial charge in [0.15, 0.2) is 0 Å². The van der Waals surface area contributed by atoms with Crippen molar-refractivity contribution in [2.75, 3.05) is 12.9 Å². The van der Waals surface area contributed by atoms with Gasteiger partial charge in [-0.15, -0.1) is 0 Å². The van der Waals surface area contributed by atoms with Gasteiger partial charge in [0.05, 0.1) is 24.5 Å². The number of hydrogen-bond donors (Lipinski definition) is 3. The number of aromatic nitrogens is 1. The highest BCUT2D eigenvalue weighted by atomic mass is 32.2. The monoisotopic (exact) mass is 449 g/mol. The molecule has 1 amide bonds. The lowest BCUT2D eigenvalue weighted by molar-refractivity contribution is -0.175. The maximum Gasteiger partial charge on any atom is 0.471 e. The van der Waals surface area contributed by atoms with Gasteiger partial charge in [-0.25, -0.2) is 17.5 Å². The molecule has 2 aromatic rings. The van der Waals surface area contributed by atoms with Gasteiger partial charge in [-0.05, 0) is 17.2 Å². The molecule has 0 bridgehead atoms. The summed E-state index contributed by atoms with van der Waals surface area (Å²) in [5.74, 6) is -2.34. The van der Waals surface area contributed by atoms with Crippen LogP contribution in [0.5, 0.6) is 0 Å². The molecular weight excluding hydrogens is 430 g/mol. The average molecular weight is 449 g/mol. The van der Waals surface area contributed by atoms with Gasteiger partial charge in [-0.1, -0.05) is 30.3 Å². The standard InChI is InChI=1S/C18H19F4N3O4S/c1-30(28,29)24-10-14-7-6-13(9-23-14)11-2-4-12(5-3-11)16(26)15(8-19)25-17(27)18(20,21)22/h2-7,9,15-16,24,26H,8,10H2,1H3,(H,25,27)/t15-,16-/m1/s1. The summed E-state index contributed by atoms with van der Waals surface area (Å²) in [6.07, 6.45) is -4.34. The van der Waals surface area contributed by atoms with E-state index in [1.54, 1.807) is 24.3 Å². The maximum atomic E-state index is 13.1. The molecule has 0 aliphatic rings. The largest absolute Gasteiger partial charge is 0.471 e. The topological polar surface area (TPSA) is 108 Å². The lowest BCUT2D eigenvalue weighted by atomic mass is 9.99. The third-order valence-corrected chi connectivity index (χ3v) is 4.72. The van der Waals surface area contributed by atoms with Gasteiger partial charge in [0, 0.05) is 11.8 Å². The summed E-state index contributed by atoms with van der Waals surface area (Å²) < 4.78 is 74.6. The first-order valence-corrected chi connectivity index (χ1v) is 10.4. The molecule has 1 heterocycles. The summed E-state index contributed by atoms with van der Waals surface area (Å²) in [4.78, 5) is 15.1. The molecular formula is C18H19F4N3O4S. The summed E-state index contributed by atoms with van der Waals surface area (Å²) in [5.41, 5.74) is 1.91. The van der Waals surface area contributed by atoms with E-state index in [0.717, 1.165) is 6.26 Å². The smallest absolute Gasteiger partial charge is 0.386 e. The van der Waals surface area contributed by atoms with E-state index in [-0.39, 0.29) is 12.1 Å². The minimum atomic E-state index is -5.19. The number of alkyl halides is 4. The van der Waals surface area contributed by atoms with E-state index in [2.05, 4.69) is 9.71 Å². The Hall–Kier alpha value is -2.57. The number of aliphatic hydroxyl groups is 1. The second kappa shape index (κ2) is 9.49. The predicted molar refractivity (Wildman–Crippen MR) is 100 cm³/mol. The molecule has 0 unspecified atom stereocenters. The van der Waals surface area contributed by atoms with Gasteiger partial charge in [-0.3, -0.25) is 9.78 Å². The minimum Gasteiger partial charge on any atom is -0.386 e. The second-order valence-corrected chi connectivity index (χ2v) is 8.26. The van der Waals surface area contributed by atoms with Crippen LogP contribution in [0.25, 0.3) is 11.1 Å². The molecule has 7 nitrogen and oxygen atoms in total. The summed E-state index contributed by atoms with van der Waals surface area (Å²) in [7, 11) is -3.35. The Morgan fingerprint density at radius 1 is 1.13 bits per heavy atom. The molecule has 164 valence electrons. The fraction of sp³-hybridized carbons (Fsp3) is 0.333. The normalized spacial score (nSPS) is 14.2. The lowest BCUT2D eigenvalue weighted by Gasteiger charge is -2.22. The van der Waals surface area contributed by atoms with Crippen molar-refractivity contribution in [3.63, 3.8) is 0 Å². The molecule has 3 N–H and O–H groups in total. The lowest BCUT2D eigenvalue weighted by Crippen LogP contribution is -2.46. The molecule has 0 aliphatic heterocycles. The van der Waals surface area contributed by atoms with Gasteiger partial charge in [0.25, 0.3) is 0 Å². The van der Waals surface area contributed by atoms with Crippen LogP contribution in [0, 0.1) is 0 Å². The Morgan fingerprint density at radius 2 is 1.73 bits per heavy atom. The van der Waals surface area contributed by atoms with Gasteiger partial charge >= 0.3 is 12.1 Å². The Balaban J connectivity index is 2.09. The average Bonchev–Trinajstić information content (AvgIpc) is 2.69. The molecule has 0 radical (unpaired) electrons. The highest BCUT2D eigenvalue weighted by Gasteiger charge is 2.40. The SMILES string of the molecule is CS(=O)(=O)NCc1ccc(-c2ccc([C@@H](O)[C@@H](CF)NC(=O)C(F)(F)F)cc2)cn1. The number of nitrogens with zero attached hydrogens (tertiary/aromatic N) is 1. The van der Waals surface area contributed by atoms with Gasteiger partial charge in [0.1, 0.15) is 12.8 Å². The minimum absolute atomic E-state index is 0.0263. The van der Waals surface area contributed by atoms with Crippen LogP contribution in [-0.2, 0) is 21.4 Å². The molecule has 2 atom stereocenters. The number of aliphatic hydroxyl groups excluding tert-OH is 1. The second-order valence-electron chi connectivity index (χ2n) is 6.43. The molecule has 0 saturated carbocycles. The first-order valence-electron chi connectivity index (χ1n) is 8.52. The van der Waals surface area contributed by atoms with Crippen molar-refractivity contribution in [2.45, 2.75) is 24.9 Å². The summed E-state index contributed by atoms with van der Waals surface area (Å²) in [5, 5.41) is 11.6. The Bertz CT molecular complexity index is 964. The van der Waals surface area contributed by atoms with Gasteiger partial charge in [0.2, 0.25) is 10.0 Å². The van der Waals surface area contributed by atoms with E-state index in [1.165, 1.54) is 23.6 Å². The molecule has 0 spiro atoms. The van der Waals surface area contributed by atoms with E-state index in [9.17, 15) is 35.9 Å². The van der Waals surface area contributed by atoms with Crippen molar-refractivity contribution in [1.82, 2.24) is 15.0 Å². The van der Waals surface area contributed by atoms with Crippen molar-refractivity contribution in [2.24, 2.45) is 0 Å². The zero-order valence-electron chi connectivity index (χ0n) is 15.6. The highest BCUT2D eigenvalue weighted by Crippen LogP contribution is 2.24. The number of pyridine rings is 1. The van der Waals surface area contributed by atoms with Crippen LogP contribution < -0.4 is 10.0 Å². The summed E-state index contributed by atoms with van der Waals surface area (Å²) in [6, 6.07) is 7.42. The van der Waals surface area contributed by atoms with E-state index in [0.29, 0.717) is 16.8 Å². The summed E-state index contributed by atoms with van der Waals surface area (Å²) in [6.45, 7) is -1.36. The maximum absolute atomic E-state index is 13.1. The van der Waals surface area contributed by atoms with Crippen molar-refractivity contribution in [3.05, 3.63) is 53.9 Å². The zero-order chi connectivity index (χ0) is 22.5. The van der Waals surface area contributed by atoms with Crippen molar-refractivity contribution in [3.8, 4) is 11.1 Å². The van der Waals surface area contributed by atoms with Crippen molar-refractivity contribution in [1.29, 1.82) is 0 Å². The molecule has 30 heavy (non-hydrogen) atoms. The van der Waals surface area contributed by atoms with E-state index >= 15 is 0 Å². The Labute approximate surface area is 170 Å². The number of hydrogen-bond acceptors (Lipinski definition) is 5. The zero-order valence-corrected chi connectivity index (χ0v) is 16.5. The number of nitrogens with one attached hydrogen (secondary N) is 2. The third-order valence-electron chi connectivity index (χ3n) is 4.05. The van der Waals surface area contributed by atoms with Crippen LogP contribution in [-0.4, -0.2) is 49.6 Å². The molecule has 12 heteroatoms. The van der Waals surface area contributed by atoms with Crippen LogP contribution in [0.4, 0.5) is 17.6 Å². The number of amides is 1. The van der Waals surface area contributed by atoms with Crippen LogP contribution in [0.15, 0.2) is 42.6 Å². The molecule has 2 rings (SSSR count). The highest BCUT2D eigenvalue weighted by molar-refractivity contribution is 7.88.